The quantitative estimate of drug-likeness (QED) is 0.180. The molecule has 0 radical (unpaired) electrons. The lowest BCUT2D eigenvalue weighted by atomic mass is 9.91. The largest absolute Gasteiger partial charge is 0.359 e. The van der Waals surface area contributed by atoms with Crippen molar-refractivity contribution < 1.29 is 0 Å². The summed E-state index contributed by atoms with van der Waals surface area (Å²) in [6.45, 7) is 16.8. The van der Waals surface area contributed by atoms with Crippen molar-refractivity contribution in [2.75, 3.05) is 0 Å². The van der Waals surface area contributed by atoms with Crippen LogP contribution in [0.1, 0.15) is 39.8 Å². The molecule has 6 nitrogen and oxygen atoms in total. The van der Waals surface area contributed by atoms with Crippen molar-refractivity contribution in [1.29, 1.82) is 0 Å². The highest BCUT2D eigenvalue weighted by Crippen LogP contribution is 2.35. The van der Waals surface area contributed by atoms with E-state index in [2.05, 4.69) is 89.1 Å². The minimum Gasteiger partial charge on any atom is -0.359 e. The molecule has 5 heterocycles. The fraction of sp³-hybridized carbons (Fsp3) is 0.194. The van der Waals surface area contributed by atoms with Gasteiger partial charge in [-0.05, 0) is 66.1 Å². The third kappa shape index (κ3) is 5.24. The van der Waals surface area contributed by atoms with Gasteiger partial charge in [0.2, 0.25) is 0 Å². The molecule has 0 fully saturated rings. The number of H-pyrrole nitrogens is 2. The summed E-state index contributed by atoms with van der Waals surface area (Å²) in [6, 6.07) is 10.3. The van der Waals surface area contributed by atoms with E-state index in [0.29, 0.717) is 0 Å². The number of pyridine rings is 2. The Morgan fingerprint density at radius 2 is 1.92 bits per heavy atom. The average Bonchev–Trinajstić information content (AvgIpc) is 3.63. The fourth-order valence-electron chi connectivity index (χ4n) is 4.58. The van der Waals surface area contributed by atoms with Gasteiger partial charge >= 0.3 is 0 Å². The summed E-state index contributed by atoms with van der Waals surface area (Å²) in [7, 11) is 0. The number of aromatic nitrogens is 5. The van der Waals surface area contributed by atoms with E-state index >= 15 is 0 Å². The number of thiophene rings is 1. The molecule has 192 valence electrons. The van der Waals surface area contributed by atoms with E-state index in [1.165, 1.54) is 0 Å². The Balaban J connectivity index is 1.51. The molecule has 5 aromatic rings. The summed E-state index contributed by atoms with van der Waals surface area (Å²) >= 11 is 1.68. The summed E-state index contributed by atoms with van der Waals surface area (Å²) in [5.41, 5.74) is 8.45. The monoisotopic (exact) mass is 520 g/mol. The molecule has 7 heteroatoms. The molecule has 3 N–H and O–H groups in total. The molecule has 5 aromatic heterocycles. The lowest BCUT2D eigenvalue weighted by Crippen LogP contribution is -2.16. The number of allylic oxidation sites excluding steroid dienone is 5. The first-order valence-corrected chi connectivity index (χ1v) is 13.5. The minimum absolute atomic E-state index is 0.146. The second-order valence-electron chi connectivity index (χ2n) is 10.5. The molecule has 0 unspecified atom stereocenters. The van der Waals surface area contributed by atoms with Crippen molar-refractivity contribution in [3.8, 4) is 22.0 Å². The van der Waals surface area contributed by atoms with Crippen molar-refractivity contribution in [3.63, 3.8) is 0 Å². The van der Waals surface area contributed by atoms with E-state index < -0.39 is 0 Å². The van der Waals surface area contributed by atoms with Crippen LogP contribution < -0.4 is 5.32 Å². The number of hydrogen-bond acceptors (Lipinski definition) is 5. The minimum atomic E-state index is 0.146. The van der Waals surface area contributed by atoms with Gasteiger partial charge in [0.15, 0.2) is 0 Å². The fourth-order valence-corrected chi connectivity index (χ4v) is 5.31. The first-order valence-electron chi connectivity index (χ1n) is 12.6. The summed E-state index contributed by atoms with van der Waals surface area (Å²) in [5, 5.41) is 15.3. The van der Waals surface area contributed by atoms with Crippen LogP contribution in [0.25, 0.3) is 49.3 Å². The van der Waals surface area contributed by atoms with Crippen LogP contribution in [-0.2, 0) is 0 Å². The SMILES string of the molecule is C=C/C(=C\C(=C/C)c1cc2c(-c3cc4c(-c5cccs5)nccc4[nH]3)n[nH]c2cn1)NC(=C)CC(C)(C)C. The molecule has 0 atom stereocenters. The molecule has 0 bridgehead atoms. The molecule has 38 heavy (non-hydrogen) atoms. The van der Waals surface area contributed by atoms with Gasteiger partial charge in [0, 0.05) is 33.9 Å². The first kappa shape index (κ1) is 25.4. The number of fused-ring (bicyclic) bond motifs is 2. The Kier molecular flexibility index (Phi) is 6.87. The van der Waals surface area contributed by atoms with Crippen LogP contribution in [-0.4, -0.2) is 25.1 Å². The van der Waals surface area contributed by atoms with Crippen LogP contribution in [0, 0.1) is 5.41 Å². The maximum Gasteiger partial charge on any atom is 0.116 e. The maximum atomic E-state index is 4.71. The highest BCUT2D eigenvalue weighted by molar-refractivity contribution is 7.13. The Labute approximate surface area is 226 Å². The first-order chi connectivity index (χ1) is 18.3. The van der Waals surface area contributed by atoms with Crippen LogP contribution >= 0.6 is 11.3 Å². The molecular formula is C31H32N6S. The van der Waals surface area contributed by atoms with Crippen LogP contribution in [0.4, 0.5) is 0 Å². The molecule has 0 aromatic carbocycles. The molecule has 0 saturated heterocycles. The molecular weight excluding hydrogens is 488 g/mol. The van der Waals surface area contributed by atoms with E-state index in [1.54, 1.807) is 11.3 Å². The second kappa shape index (κ2) is 10.3. The van der Waals surface area contributed by atoms with E-state index in [0.717, 1.165) is 72.8 Å². The smallest absolute Gasteiger partial charge is 0.116 e. The van der Waals surface area contributed by atoms with Crippen molar-refractivity contribution in [3.05, 3.63) is 96.6 Å². The van der Waals surface area contributed by atoms with Gasteiger partial charge in [-0.25, -0.2) is 0 Å². The molecule has 0 amide bonds. The lowest BCUT2D eigenvalue weighted by Gasteiger charge is -2.21. The van der Waals surface area contributed by atoms with E-state index in [4.69, 9.17) is 4.98 Å². The molecule has 0 aliphatic heterocycles. The van der Waals surface area contributed by atoms with E-state index in [-0.39, 0.29) is 5.41 Å². The number of hydrogen-bond donors (Lipinski definition) is 3. The van der Waals surface area contributed by atoms with Crippen molar-refractivity contribution in [2.45, 2.75) is 34.1 Å². The van der Waals surface area contributed by atoms with Gasteiger partial charge < -0.3 is 10.3 Å². The van der Waals surface area contributed by atoms with Gasteiger partial charge in [0.25, 0.3) is 0 Å². The molecule has 0 spiro atoms. The van der Waals surface area contributed by atoms with Gasteiger partial charge in [-0.15, -0.1) is 11.3 Å². The van der Waals surface area contributed by atoms with Crippen molar-refractivity contribution in [1.82, 2.24) is 30.5 Å². The molecule has 0 aliphatic rings. The zero-order valence-electron chi connectivity index (χ0n) is 22.2. The highest BCUT2D eigenvalue weighted by atomic mass is 32.1. The number of rotatable bonds is 8. The maximum absolute atomic E-state index is 4.71. The van der Waals surface area contributed by atoms with Gasteiger partial charge in [0.05, 0.1) is 33.7 Å². The highest BCUT2D eigenvalue weighted by Gasteiger charge is 2.16. The zero-order chi connectivity index (χ0) is 26.9. The predicted molar refractivity (Wildman–Crippen MR) is 161 cm³/mol. The van der Waals surface area contributed by atoms with Crippen molar-refractivity contribution in [2.24, 2.45) is 5.41 Å². The average molecular weight is 521 g/mol. The van der Waals surface area contributed by atoms with Gasteiger partial charge in [-0.1, -0.05) is 46.1 Å². The third-order valence-corrected chi connectivity index (χ3v) is 7.08. The van der Waals surface area contributed by atoms with Crippen LogP contribution in [0.2, 0.25) is 0 Å². The Bertz CT molecular complexity index is 1690. The summed E-state index contributed by atoms with van der Waals surface area (Å²) in [6.07, 6.45) is 10.4. The lowest BCUT2D eigenvalue weighted by molar-refractivity contribution is 0.403. The molecule has 0 aliphatic carbocycles. The topological polar surface area (TPSA) is 82.3 Å². The third-order valence-electron chi connectivity index (χ3n) is 6.21. The predicted octanol–water partition coefficient (Wildman–Crippen LogP) is 8.24. The number of nitrogens with one attached hydrogen (secondary N) is 3. The standard InChI is InChI=1S/C31H32N6S/c1-7-20(14-21(8-2)34-19(3)17-31(4,5)6)25-15-23-27(18-33-25)36-37-29(23)26-16-22-24(35-26)11-12-32-30(22)28-10-9-13-38-28/h7-16,18,34-35H,2-3,17H2,1,4-6H3,(H,36,37)/b20-7+,21-14+. The summed E-state index contributed by atoms with van der Waals surface area (Å²) < 4.78 is 0. The van der Waals surface area contributed by atoms with Gasteiger partial charge in [-0.3, -0.25) is 15.1 Å². The van der Waals surface area contributed by atoms with E-state index in [9.17, 15) is 0 Å². The second-order valence-corrected chi connectivity index (χ2v) is 11.4. The Hall–Kier alpha value is -4.23. The zero-order valence-corrected chi connectivity index (χ0v) is 23.0. The van der Waals surface area contributed by atoms with E-state index in [1.807, 2.05) is 43.6 Å². The van der Waals surface area contributed by atoms with Crippen LogP contribution in [0.5, 0.6) is 0 Å². The van der Waals surface area contributed by atoms with Gasteiger partial charge in [-0.2, -0.15) is 5.10 Å². The Morgan fingerprint density at radius 1 is 1.11 bits per heavy atom. The molecule has 5 rings (SSSR count). The summed E-state index contributed by atoms with van der Waals surface area (Å²) in [5.74, 6) is 0. The number of aromatic amines is 2. The molecule has 0 saturated carbocycles. The van der Waals surface area contributed by atoms with Crippen molar-refractivity contribution >= 4 is 38.7 Å². The van der Waals surface area contributed by atoms with Crippen LogP contribution in [0.15, 0.2) is 90.9 Å². The Morgan fingerprint density at radius 3 is 2.63 bits per heavy atom. The normalized spacial score (nSPS) is 12.8. The summed E-state index contributed by atoms with van der Waals surface area (Å²) in [4.78, 5) is 14.0. The van der Waals surface area contributed by atoms with Crippen LogP contribution in [0.3, 0.4) is 0 Å². The van der Waals surface area contributed by atoms with Gasteiger partial charge in [0.1, 0.15) is 5.69 Å². The number of nitrogens with zero attached hydrogens (tertiary/aromatic N) is 3.